The van der Waals surface area contributed by atoms with Crippen molar-refractivity contribution in [2.75, 3.05) is 26.1 Å². The van der Waals surface area contributed by atoms with E-state index in [2.05, 4.69) is 10.4 Å². The molecule has 1 heterocycles. The van der Waals surface area contributed by atoms with E-state index < -0.39 is 18.5 Å². The number of hydrogen-bond donors (Lipinski definition) is 1. The van der Waals surface area contributed by atoms with Gasteiger partial charge in [0.25, 0.3) is 5.91 Å². The summed E-state index contributed by atoms with van der Waals surface area (Å²) in [6.45, 7) is 1.22. The summed E-state index contributed by atoms with van der Waals surface area (Å²) in [5.74, 6) is -0.656. The van der Waals surface area contributed by atoms with Crippen molar-refractivity contribution < 1.29 is 28.2 Å². The lowest BCUT2D eigenvalue weighted by atomic mass is 10.2. The third kappa shape index (κ3) is 6.11. The molecule has 3 rings (SSSR count). The van der Waals surface area contributed by atoms with E-state index in [4.69, 9.17) is 25.8 Å². The molecule has 2 aromatic carbocycles. The maximum atomic E-state index is 13.2. The van der Waals surface area contributed by atoms with E-state index in [9.17, 15) is 14.0 Å². The molecule has 0 aliphatic rings. The quantitative estimate of drug-likeness (QED) is 0.389. The van der Waals surface area contributed by atoms with E-state index in [0.29, 0.717) is 34.1 Å². The molecular weight excluding hydrogens is 453 g/mol. The normalized spacial score (nSPS) is 10.8. The van der Waals surface area contributed by atoms with Gasteiger partial charge in [-0.25, -0.2) is 13.9 Å². The van der Waals surface area contributed by atoms with Crippen LogP contribution in [0.15, 0.2) is 48.5 Å². The Hall–Kier alpha value is -3.85. The summed E-state index contributed by atoms with van der Waals surface area (Å²) in [5.41, 5.74) is 2.04. The number of hydrogen-bond acceptors (Lipinski definition) is 6. The summed E-state index contributed by atoms with van der Waals surface area (Å²) < 4.78 is 29.9. The molecule has 0 radical (unpaired) electrons. The summed E-state index contributed by atoms with van der Waals surface area (Å²) in [6.07, 6.45) is 2.59. The van der Waals surface area contributed by atoms with E-state index >= 15 is 0 Å². The molecule has 0 bridgehead atoms. The molecular formula is C23H21ClFN3O5. The summed E-state index contributed by atoms with van der Waals surface area (Å²) in [4.78, 5) is 24.2. The van der Waals surface area contributed by atoms with Crippen LogP contribution < -0.4 is 14.8 Å². The molecule has 33 heavy (non-hydrogen) atoms. The van der Waals surface area contributed by atoms with Gasteiger partial charge in [-0.1, -0.05) is 11.6 Å². The van der Waals surface area contributed by atoms with E-state index in [1.807, 2.05) is 0 Å². The molecule has 0 fully saturated rings. The zero-order valence-corrected chi connectivity index (χ0v) is 18.9. The highest BCUT2D eigenvalue weighted by molar-refractivity contribution is 6.31. The van der Waals surface area contributed by atoms with Crippen LogP contribution in [0.2, 0.25) is 5.15 Å². The number of methoxy groups -OCH3 is 2. The van der Waals surface area contributed by atoms with Crippen molar-refractivity contribution in [2.45, 2.75) is 6.92 Å². The van der Waals surface area contributed by atoms with Gasteiger partial charge < -0.3 is 19.5 Å². The number of aromatic nitrogens is 2. The number of halogens is 2. The van der Waals surface area contributed by atoms with Gasteiger partial charge in [0.1, 0.15) is 22.5 Å². The van der Waals surface area contributed by atoms with E-state index in [0.717, 1.165) is 6.08 Å². The van der Waals surface area contributed by atoms with Crippen LogP contribution in [-0.2, 0) is 14.3 Å². The van der Waals surface area contributed by atoms with Crippen LogP contribution in [0.1, 0.15) is 11.3 Å². The Morgan fingerprint density at radius 3 is 2.36 bits per heavy atom. The lowest BCUT2D eigenvalue weighted by Gasteiger charge is -2.09. The molecule has 8 nitrogen and oxygen atoms in total. The zero-order chi connectivity index (χ0) is 24.0. The van der Waals surface area contributed by atoms with Crippen LogP contribution in [0, 0.1) is 12.7 Å². The number of amides is 1. The minimum Gasteiger partial charge on any atom is -0.497 e. The van der Waals surface area contributed by atoms with Gasteiger partial charge in [-0.2, -0.15) is 5.10 Å². The van der Waals surface area contributed by atoms with Crippen LogP contribution >= 0.6 is 11.6 Å². The number of anilines is 1. The number of esters is 1. The van der Waals surface area contributed by atoms with E-state index in [-0.39, 0.29) is 11.0 Å². The first-order valence-corrected chi connectivity index (χ1v) is 10.1. The van der Waals surface area contributed by atoms with Gasteiger partial charge in [0.15, 0.2) is 6.61 Å². The molecule has 0 unspecified atom stereocenters. The van der Waals surface area contributed by atoms with Crippen molar-refractivity contribution in [3.63, 3.8) is 0 Å². The third-order valence-corrected chi connectivity index (χ3v) is 4.85. The highest BCUT2D eigenvalue weighted by Gasteiger charge is 2.14. The number of carbonyl (C=O) groups excluding carboxylic acids is 2. The first kappa shape index (κ1) is 23.8. The number of nitrogens with one attached hydrogen (secondary N) is 1. The average Bonchev–Trinajstić information content (AvgIpc) is 3.09. The molecule has 0 aliphatic heterocycles. The molecule has 1 aromatic heterocycles. The number of rotatable bonds is 8. The summed E-state index contributed by atoms with van der Waals surface area (Å²) in [6, 6.07) is 10.5. The maximum Gasteiger partial charge on any atom is 0.331 e. The van der Waals surface area contributed by atoms with Crippen LogP contribution in [0.5, 0.6) is 11.5 Å². The highest BCUT2D eigenvalue weighted by atomic mass is 35.5. The second-order valence-corrected chi connectivity index (χ2v) is 7.13. The standard InChI is InChI=1S/C23H21ClFN3O5/c1-14-20(23(24)28(27-14)17-6-4-15(25)5-7-17)8-9-22(30)33-13-21(29)26-16-10-18(31-2)12-19(11-16)32-3/h4-12H,13H2,1-3H3,(H,26,29)/b9-8+. The lowest BCUT2D eigenvalue weighted by Crippen LogP contribution is -2.20. The molecule has 0 saturated carbocycles. The van der Waals surface area contributed by atoms with Crippen molar-refractivity contribution in [3.05, 3.63) is 70.8 Å². The Labute approximate surface area is 194 Å². The Morgan fingerprint density at radius 1 is 1.12 bits per heavy atom. The molecule has 0 saturated heterocycles. The molecule has 1 amide bonds. The van der Waals surface area contributed by atoms with Crippen LogP contribution in [0.4, 0.5) is 10.1 Å². The molecule has 10 heteroatoms. The molecule has 172 valence electrons. The smallest absolute Gasteiger partial charge is 0.331 e. The van der Waals surface area contributed by atoms with Gasteiger partial charge in [0, 0.05) is 35.5 Å². The second kappa shape index (κ2) is 10.6. The first-order chi connectivity index (χ1) is 15.8. The summed E-state index contributed by atoms with van der Waals surface area (Å²) in [5, 5.41) is 7.16. The SMILES string of the molecule is COc1cc(NC(=O)COC(=O)/C=C/c2c(C)nn(-c3ccc(F)cc3)c2Cl)cc(OC)c1. The molecule has 0 spiro atoms. The Morgan fingerprint density at radius 2 is 1.76 bits per heavy atom. The molecule has 1 N–H and O–H groups in total. The summed E-state index contributed by atoms with van der Waals surface area (Å²) >= 11 is 6.37. The monoisotopic (exact) mass is 473 g/mol. The van der Waals surface area contributed by atoms with Gasteiger partial charge in [0.05, 0.1) is 25.6 Å². The minimum atomic E-state index is -0.738. The van der Waals surface area contributed by atoms with Crippen molar-refractivity contribution in [1.82, 2.24) is 9.78 Å². The molecule has 0 aliphatic carbocycles. The van der Waals surface area contributed by atoms with Crippen molar-refractivity contribution in [3.8, 4) is 17.2 Å². The molecule has 3 aromatic rings. The number of aryl methyl sites for hydroxylation is 1. The fraction of sp³-hybridized carbons (Fsp3) is 0.174. The van der Waals surface area contributed by atoms with Crippen molar-refractivity contribution in [1.29, 1.82) is 0 Å². The highest BCUT2D eigenvalue weighted by Crippen LogP contribution is 2.26. The number of carbonyl (C=O) groups is 2. The summed E-state index contributed by atoms with van der Waals surface area (Å²) in [7, 11) is 2.98. The van der Waals surface area contributed by atoms with Gasteiger partial charge in [0.2, 0.25) is 0 Å². The van der Waals surface area contributed by atoms with Crippen LogP contribution in [-0.4, -0.2) is 42.5 Å². The predicted molar refractivity (Wildman–Crippen MR) is 121 cm³/mol. The van der Waals surface area contributed by atoms with Gasteiger partial charge in [-0.05, 0) is 37.3 Å². The van der Waals surface area contributed by atoms with Crippen molar-refractivity contribution >= 4 is 35.2 Å². The van der Waals surface area contributed by atoms with Gasteiger partial charge in [-0.15, -0.1) is 0 Å². The van der Waals surface area contributed by atoms with Gasteiger partial charge in [-0.3, -0.25) is 4.79 Å². The Bertz CT molecular complexity index is 1170. The van der Waals surface area contributed by atoms with Gasteiger partial charge >= 0.3 is 5.97 Å². The second-order valence-electron chi connectivity index (χ2n) is 6.77. The zero-order valence-electron chi connectivity index (χ0n) is 18.1. The fourth-order valence-corrected chi connectivity index (χ4v) is 3.20. The predicted octanol–water partition coefficient (Wildman–Crippen LogP) is 4.19. The van der Waals surface area contributed by atoms with Crippen molar-refractivity contribution in [2.24, 2.45) is 0 Å². The lowest BCUT2D eigenvalue weighted by molar-refractivity contribution is -0.142. The average molecular weight is 474 g/mol. The van der Waals surface area contributed by atoms with Crippen LogP contribution in [0.25, 0.3) is 11.8 Å². The Kier molecular flexibility index (Phi) is 7.68. The van der Waals surface area contributed by atoms with E-state index in [1.54, 1.807) is 25.1 Å². The van der Waals surface area contributed by atoms with Crippen LogP contribution in [0.3, 0.4) is 0 Å². The fourth-order valence-electron chi connectivity index (χ4n) is 2.87. The topological polar surface area (TPSA) is 91.7 Å². The molecule has 0 atom stereocenters. The number of ether oxygens (including phenoxy) is 3. The first-order valence-electron chi connectivity index (χ1n) is 9.69. The Balaban J connectivity index is 1.60. The number of benzene rings is 2. The minimum absolute atomic E-state index is 0.243. The third-order valence-electron chi connectivity index (χ3n) is 4.49. The number of nitrogens with zero attached hydrogens (tertiary/aromatic N) is 2. The largest absolute Gasteiger partial charge is 0.497 e. The van der Waals surface area contributed by atoms with E-state index in [1.165, 1.54) is 49.2 Å². The maximum absolute atomic E-state index is 13.2.